The maximum atomic E-state index is 12.1. The number of benzene rings is 1. The van der Waals surface area contributed by atoms with Gasteiger partial charge in [-0.15, -0.1) is 0 Å². The van der Waals surface area contributed by atoms with Crippen LogP contribution in [0.1, 0.15) is 19.4 Å². The van der Waals surface area contributed by atoms with E-state index in [1.807, 2.05) is 6.07 Å². The van der Waals surface area contributed by atoms with Crippen LogP contribution in [0.4, 0.5) is 4.79 Å². The lowest BCUT2D eigenvalue weighted by molar-refractivity contribution is -0.123. The molecular formula is C15H19N3O4. The number of nitrogens with zero attached hydrogens (tertiary/aromatic N) is 1. The number of rotatable bonds is 6. The van der Waals surface area contributed by atoms with Crippen LogP contribution >= 0.6 is 0 Å². The third-order valence-corrected chi connectivity index (χ3v) is 2.81. The molecule has 1 rings (SSSR count). The van der Waals surface area contributed by atoms with Crippen molar-refractivity contribution in [1.29, 1.82) is 5.26 Å². The SMILES string of the molecule is CCOC(=O)NC(Cc1ccc(O)cc1)C(=O)NC(C)C#N. The first-order valence-corrected chi connectivity index (χ1v) is 6.87. The summed E-state index contributed by atoms with van der Waals surface area (Å²) in [7, 11) is 0. The Morgan fingerprint density at radius 2 is 1.95 bits per heavy atom. The maximum absolute atomic E-state index is 12.1. The molecule has 0 spiro atoms. The van der Waals surface area contributed by atoms with Crippen LogP contribution in [-0.2, 0) is 16.0 Å². The molecule has 0 aliphatic rings. The number of hydrogen-bond acceptors (Lipinski definition) is 5. The monoisotopic (exact) mass is 305 g/mol. The third kappa shape index (κ3) is 5.71. The van der Waals surface area contributed by atoms with Crippen LogP contribution in [0.5, 0.6) is 5.75 Å². The Balaban J connectivity index is 2.80. The minimum Gasteiger partial charge on any atom is -0.508 e. The number of hydrogen-bond donors (Lipinski definition) is 3. The van der Waals surface area contributed by atoms with E-state index in [1.165, 1.54) is 12.1 Å². The van der Waals surface area contributed by atoms with Crippen molar-refractivity contribution in [2.45, 2.75) is 32.4 Å². The lowest BCUT2D eigenvalue weighted by Crippen LogP contribution is -2.50. The van der Waals surface area contributed by atoms with Gasteiger partial charge < -0.3 is 20.5 Å². The fourth-order valence-corrected chi connectivity index (χ4v) is 1.74. The molecule has 0 radical (unpaired) electrons. The van der Waals surface area contributed by atoms with Crippen molar-refractivity contribution in [3.8, 4) is 11.8 Å². The van der Waals surface area contributed by atoms with Crippen molar-refractivity contribution in [3.63, 3.8) is 0 Å². The molecule has 1 aromatic carbocycles. The van der Waals surface area contributed by atoms with Gasteiger partial charge >= 0.3 is 6.09 Å². The molecule has 0 heterocycles. The maximum Gasteiger partial charge on any atom is 0.407 e. The van der Waals surface area contributed by atoms with Gasteiger partial charge in [0.05, 0.1) is 12.7 Å². The van der Waals surface area contributed by atoms with Gasteiger partial charge in [0, 0.05) is 6.42 Å². The molecule has 7 nitrogen and oxygen atoms in total. The van der Waals surface area contributed by atoms with Gasteiger partial charge in [0.25, 0.3) is 0 Å². The molecule has 2 amide bonds. The van der Waals surface area contributed by atoms with Crippen molar-refractivity contribution in [2.24, 2.45) is 0 Å². The molecule has 0 bridgehead atoms. The number of phenolic OH excluding ortho intramolecular Hbond substituents is 1. The van der Waals surface area contributed by atoms with Crippen LogP contribution in [0.15, 0.2) is 24.3 Å². The average molecular weight is 305 g/mol. The summed E-state index contributed by atoms with van der Waals surface area (Å²) < 4.78 is 4.78. The quantitative estimate of drug-likeness (QED) is 0.728. The molecule has 3 N–H and O–H groups in total. The van der Waals surface area contributed by atoms with Gasteiger partial charge in [-0.3, -0.25) is 4.79 Å². The Morgan fingerprint density at radius 1 is 1.32 bits per heavy atom. The topological polar surface area (TPSA) is 111 Å². The second-order valence-corrected chi connectivity index (χ2v) is 4.65. The fraction of sp³-hybridized carbons (Fsp3) is 0.400. The highest BCUT2D eigenvalue weighted by molar-refractivity contribution is 5.86. The zero-order chi connectivity index (χ0) is 16.5. The zero-order valence-corrected chi connectivity index (χ0v) is 12.5. The Kier molecular flexibility index (Phi) is 6.70. The summed E-state index contributed by atoms with van der Waals surface area (Å²) in [6.45, 7) is 3.39. The van der Waals surface area contributed by atoms with Gasteiger partial charge in [0.2, 0.25) is 5.91 Å². The van der Waals surface area contributed by atoms with E-state index in [4.69, 9.17) is 10.00 Å². The van der Waals surface area contributed by atoms with E-state index in [-0.39, 0.29) is 18.8 Å². The van der Waals surface area contributed by atoms with Gasteiger partial charge in [-0.05, 0) is 31.5 Å². The van der Waals surface area contributed by atoms with E-state index in [0.29, 0.717) is 0 Å². The van der Waals surface area contributed by atoms with Crippen LogP contribution in [0.3, 0.4) is 0 Å². The smallest absolute Gasteiger partial charge is 0.407 e. The zero-order valence-electron chi connectivity index (χ0n) is 12.5. The van der Waals surface area contributed by atoms with Crippen molar-refractivity contribution < 1.29 is 19.4 Å². The molecule has 0 saturated heterocycles. The highest BCUT2D eigenvalue weighted by atomic mass is 16.5. The summed E-state index contributed by atoms with van der Waals surface area (Å²) in [5.41, 5.74) is 0.749. The van der Waals surface area contributed by atoms with Gasteiger partial charge in [0.1, 0.15) is 17.8 Å². The van der Waals surface area contributed by atoms with Gasteiger partial charge in [-0.2, -0.15) is 5.26 Å². The molecule has 7 heteroatoms. The van der Waals surface area contributed by atoms with Crippen molar-refractivity contribution >= 4 is 12.0 Å². The standard InChI is InChI=1S/C15H19N3O4/c1-3-22-15(21)18-13(14(20)17-10(2)9-16)8-11-4-6-12(19)7-5-11/h4-7,10,13,19H,3,8H2,1-2H3,(H,17,20)(H,18,21). The number of aromatic hydroxyl groups is 1. The summed E-state index contributed by atoms with van der Waals surface area (Å²) in [5, 5.41) is 23.0. The van der Waals surface area contributed by atoms with E-state index in [2.05, 4.69) is 10.6 Å². The Hall–Kier alpha value is -2.75. The lowest BCUT2D eigenvalue weighted by atomic mass is 10.0. The predicted molar refractivity (Wildman–Crippen MR) is 79.0 cm³/mol. The minimum absolute atomic E-state index is 0.112. The predicted octanol–water partition coefficient (Wildman–Crippen LogP) is 1.08. The minimum atomic E-state index is -0.876. The highest BCUT2D eigenvalue weighted by Gasteiger charge is 2.23. The van der Waals surface area contributed by atoms with E-state index in [1.54, 1.807) is 26.0 Å². The summed E-state index contributed by atoms with van der Waals surface area (Å²) in [6.07, 6.45) is -0.491. The molecule has 0 fully saturated rings. The number of nitriles is 1. The number of alkyl carbamates (subject to hydrolysis) is 1. The number of carbonyl (C=O) groups is 2. The molecule has 0 aliphatic carbocycles. The van der Waals surface area contributed by atoms with E-state index >= 15 is 0 Å². The summed E-state index contributed by atoms with van der Waals surface area (Å²) in [6, 6.07) is 6.63. The molecule has 22 heavy (non-hydrogen) atoms. The second kappa shape index (κ2) is 8.52. The van der Waals surface area contributed by atoms with E-state index < -0.39 is 24.1 Å². The molecule has 118 valence electrons. The van der Waals surface area contributed by atoms with Crippen molar-refractivity contribution in [2.75, 3.05) is 6.61 Å². The molecular weight excluding hydrogens is 286 g/mol. The van der Waals surface area contributed by atoms with Gasteiger partial charge in [0.15, 0.2) is 0 Å². The third-order valence-electron chi connectivity index (χ3n) is 2.81. The number of ether oxygens (including phenoxy) is 1. The first-order valence-electron chi connectivity index (χ1n) is 6.87. The number of amides is 2. The number of phenols is 1. The molecule has 2 unspecified atom stereocenters. The van der Waals surface area contributed by atoms with Gasteiger partial charge in [-0.1, -0.05) is 12.1 Å². The Morgan fingerprint density at radius 3 is 2.50 bits per heavy atom. The average Bonchev–Trinajstić information content (AvgIpc) is 2.48. The van der Waals surface area contributed by atoms with E-state index in [9.17, 15) is 14.7 Å². The van der Waals surface area contributed by atoms with Gasteiger partial charge in [-0.25, -0.2) is 4.79 Å². The first kappa shape index (κ1) is 17.3. The molecule has 0 saturated carbocycles. The Bertz CT molecular complexity index is 551. The number of nitrogens with one attached hydrogen (secondary N) is 2. The molecule has 0 aromatic heterocycles. The highest BCUT2D eigenvalue weighted by Crippen LogP contribution is 2.11. The molecule has 1 aromatic rings. The van der Waals surface area contributed by atoms with Crippen LogP contribution in [0, 0.1) is 11.3 Å². The van der Waals surface area contributed by atoms with Crippen LogP contribution < -0.4 is 10.6 Å². The summed E-state index contributed by atoms with van der Waals surface area (Å²) in [4.78, 5) is 23.7. The fourth-order valence-electron chi connectivity index (χ4n) is 1.74. The van der Waals surface area contributed by atoms with Crippen molar-refractivity contribution in [1.82, 2.24) is 10.6 Å². The van der Waals surface area contributed by atoms with Crippen molar-refractivity contribution in [3.05, 3.63) is 29.8 Å². The number of carbonyl (C=O) groups excluding carboxylic acids is 2. The lowest BCUT2D eigenvalue weighted by Gasteiger charge is -2.19. The van der Waals surface area contributed by atoms with Crippen LogP contribution in [0.25, 0.3) is 0 Å². The summed E-state index contributed by atoms with van der Waals surface area (Å²) in [5.74, 6) is -0.364. The summed E-state index contributed by atoms with van der Waals surface area (Å²) >= 11 is 0. The Labute approximate surface area is 128 Å². The van der Waals surface area contributed by atoms with E-state index in [0.717, 1.165) is 5.56 Å². The second-order valence-electron chi connectivity index (χ2n) is 4.65. The van der Waals surface area contributed by atoms with Crippen LogP contribution in [-0.4, -0.2) is 35.8 Å². The first-order chi connectivity index (χ1) is 10.5. The largest absolute Gasteiger partial charge is 0.508 e. The molecule has 0 aliphatic heterocycles. The normalized spacial score (nSPS) is 12.6. The van der Waals surface area contributed by atoms with Crippen LogP contribution in [0.2, 0.25) is 0 Å². The molecule has 2 atom stereocenters.